The van der Waals surface area contributed by atoms with E-state index in [1.54, 1.807) is 19.3 Å². The zero-order chi connectivity index (χ0) is 11.4. The highest BCUT2D eigenvalue weighted by atomic mass is 35.5. The lowest BCUT2D eigenvalue weighted by Gasteiger charge is -2.04. The summed E-state index contributed by atoms with van der Waals surface area (Å²) in [6, 6.07) is 1.74. The quantitative estimate of drug-likeness (QED) is 0.829. The molecule has 2 N–H and O–H groups in total. The second-order valence-corrected chi connectivity index (χ2v) is 3.17. The molecule has 0 aromatic carbocycles. The van der Waals surface area contributed by atoms with Crippen molar-refractivity contribution in [3.8, 4) is 0 Å². The fraction of sp³-hybridized carbons (Fsp3) is 0.250. The lowest BCUT2D eigenvalue weighted by molar-refractivity contribution is 0.388. The lowest BCUT2D eigenvalue weighted by atomic mass is 10.4. The van der Waals surface area contributed by atoms with Crippen LogP contribution in [-0.2, 0) is 6.54 Å². The Morgan fingerprint density at radius 1 is 1.31 bits per heavy atom. The average molecular weight is 241 g/mol. The molecule has 0 bridgehead atoms. The van der Waals surface area contributed by atoms with Gasteiger partial charge in [-0.15, -0.1) is 0 Å². The van der Waals surface area contributed by atoms with E-state index in [0.29, 0.717) is 24.2 Å². The van der Waals surface area contributed by atoms with Crippen LogP contribution in [0.25, 0.3) is 0 Å². The molecule has 0 aliphatic heterocycles. The van der Waals surface area contributed by atoms with Crippen LogP contribution in [-0.4, -0.2) is 27.2 Å². The number of hydrogen-bond donors (Lipinski definition) is 2. The smallest absolute Gasteiger partial charge is 0.229 e. The van der Waals surface area contributed by atoms with Crippen molar-refractivity contribution in [2.45, 2.75) is 6.54 Å². The summed E-state index contributed by atoms with van der Waals surface area (Å²) in [6.07, 6.45) is 1.57. The van der Waals surface area contributed by atoms with Gasteiger partial charge in [-0.1, -0.05) is 5.16 Å². The molecule has 0 fully saturated rings. The Labute approximate surface area is 96.2 Å². The second kappa shape index (κ2) is 4.75. The van der Waals surface area contributed by atoms with Gasteiger partial charge in [-0.2, -0.15) is 15.0 Å². The van der Waals surface area contributed by atoms with E-state index in [4.69, 9.17) is 16.1 Å². The molecule has 16 heavy (non-hydrogen) atoms. The molecule has 0 saturated carbocycles. The molecule has 0 radical (unpaired) electrons. The number of aromatic nitrogens is 4. The Morgan fingerprint density at radius 3 is 2.81 bits per heavy atom. The van der Waals surface area contributed by atoms with Gasteiger partial charge >= 0.3 is 0 Å². The standard InChI is InChI=1S/C8H9ClN6O/c1-10-7-13-6(9)14-8(15-7)11-4-5-2-3-12-16-5/h2-3H,4H2,1H3,(H2,10,11,13,14,15). The number of anilines is 2. The van der Waals surface area contributed by atoms with Crippen molar-refractivity contribution in [2.24, 2.45) is 0 Å². The monoisotopic (exact) mass is 240 g/mol. The molecular weight excluding hydrogens is 232 g/mol. The number of nitrogens with one attached hydrogen (secondary N) is 2. The topological polar surface area (TPSA) is 88.8 Å². The molecule has 0 unspecified atom stereocenters. The van der Waals surface area contributed by atoms with Crippen LogP contribution in [0, 0.1) is 0 Å². The molecule has 2 aromatic rings. The van der Waals surface area contributed by atoms with E-state index in [9.17, 15) is 0 Å². The van der Waals surface area contributed by atoms with Gasteiger partial charge in [0.05, 0.1) is 12.7 Å². The molecule has 2 heterocycles. The highest BCUT2D eigenvalue weighted by Crippen LogP contribution is 2.09. The minimum atomic E-state index is 0.124. The van der Waals surface area contributed by atoms with Crippen molar-refractivity contribution in [1.29, 1.82) is 0 Å². The van der Waals surface area contributed by atoms with Gasteiger partial charge in [0.25, 0.3) is 0 Å². The first-order valence-corrected chi connectivity index (χ1v) is 4.88. The van der Waals surface area contributed by atoms with Gasteiger partial charge < -0.3 is 15.2 Å². The van der Waals surface area contributed by atoms with Crippen molar-refractivity contribution in [1.82, 2.24) is 20.1 Å². The van der Waals surface area contributed by atoms with E-state index in [2.05, 4.69) is 30.7 Å². The van der Waals surface area contributed by atoms with Crippen molar-refractivity contribution in [3.63, 3.8) is 0 Å². The predicted octanol–water partition coefficient (Wildman–Crippen LogP) is 1.17. The van der Waals surface area contributed by atoms with Crippen molar-refractivity contribution >= 4 is 23.5 Å². The van der Waals surface area contributed by atoms with Crippen LogP contribution in [0.5, 0.6) is 0 Å². The third-order valence-corrected chi connectivity index (χ3v) is 1.91. The Balaban J connectivity index is 2.06. The third-order valence-electron chi connectivity index (χ3n) is 1.74. The van der Waals surface area contributed by atoms with Crippen molar-refractivity contribution < 1.29 is 4.52 Å². The average Bonchev–Trinajstić information content (AvgIpc) is 2.78. The molecular formula is C8H9ClN6O. The third kappa shape index (κ3) is 2.57. The Bertz CT molecular complexity index is 460. The van der Waals surface area contributed by atoms with Gasteiger partial charge in [0.1, 0.15) is 0 Å². The molecule has 0 aliphatic rings. The fourth-order valence-corrected chi connectivity index (χ4v) is 1.20. The first-order chi connectivity index (χ1) is 7.78. The minimum absolute atomic E-state index is 0.124. The molecule has 2 aromatic heterocycles. The van der Waals surface area contributed by atoms with E-state index >= 15 is 0 Å². The summed E-state index contributed by atoms with van der Waals surface area (Å²) < 4.78 is 4.91. The molecule has 2 rings (SSSR count). The number of rotatable bonds is 4. The molecule has 0 atom stereocenters. The summed E-state index contributed by atoms with van der Waals surface area (Å²) >= 11 is 5.71. The first-order valence-electron chi connectivity index (χ1n) is 4.50. The van der Waals surface area contributed by atoms with E-state index < -0.39 is 0 Å². The molecule has 0 aliphatic carbocycles. The second-order valence-electron chi connectivity index (χ2n) is 2.83. The highest BCUT2D eigenvalue weighted by molar-refractivity contribution is 6.28. The number of hydrogen-bond acceptors (Lipinski definition) is 7. The van der Waals surface area contributed by atoms with Gasteiger partial charge in [0.2, 0.25) is 17.2 Å². The van der Waals surface area contributed by atoms with Crippen LogP contribution in [0.15, 0.2) is 16.8 Å². The summed E-state index contributed by atoms with van der Waals surface area (Å²) in [5, 5.41) is 9.42. The summed E-state index contributed by atoms with van der Waals surface area (Å²) in [6.45, 7) is 0.434. The maximum Gasteiger partial charge on any atom is 0.229 e. The molecule has 0 spiro atoms. The minimum Gasteiger partial charge on any atom is -0.360 e. The molecule has 84 valence electrons. The van der Waals surface area contributed by atoms with E-state index in [0.717, 1.165) is 0 Å². The van der Waals surface area contributed by atoms with Gasteiger partial charge in [-0.25, -0.2) is 0 Å². The van der Waals surface area contributed by atoms with Gasteiger partial charge in [0, 0.05) is 13.1 Å². The Kier molecular flexibility index (Phi) is 3.16. The maximum atomic E-state index is 5.71. The van der Waals surface area contributed by atoms with E-state index in [1.807, 2.05) is 0 Å². The zero-order valence-electron chi connectivity index (χ0n) is 8.44. The lowest BCUT2D eigenvalue weighted by Crippen LogP contribution is -2.06. The molecule has 8 heteroatoms. The summed E-state index contributed by atoms with van der Waals surface area (Å²) in [4.78, 5) is 11.8. The summed E-state index contributed by atoms with van der Waals surface area (Å²) in [5.41, 5.74) is 0. The maximum absolute atomic E-state index is 5.71. The molecule has 7 nitrogen and oxygen atoms in total. The fourth-order valence-electron chi connectivity index (χ4n) is 1.04. The van der Waals surface area contributed by atoms with Crippen LogP contribution in [0.1, 0.15) is 5.76 Å². The van der Waals surface area contributed by atoms with Gasteiger partial charge in [-0.05, 0) is 11.6 Å². The van der Waals surface area contributed by atoms with Gasteiger partial charge in [0.15, 0.2) is 5.76 Å². The first kappa shape index (κ1) is 10.6. The van der Waals surface area contributed by atoms with Gasteiger partial charge in [-0.3, -0.25) is 0 Å². The van der Waals surface area contributed by atoms with E-state index in [-0.39, 0.29) is 5.28 Å². The van der Waals surface area contributed by atoms with Crippen molar-refractivity contribution in [3.05, 3.63) is 23.3 Å². The van der Waals surface area contributed by atoms with E-state index in [1.165, 1.54) is 0 Å². The zero-order valence-corrected chi connectivity index (χ0v) is 9.19. The summed E-state index contributed by atoms with van der Waals surface area (Å²) in [5.74, 6) is 1.46. The van der Waals surface area contributed by atoms with Crippen LogP contribution < -0.4 is 10.6 Å². The molecule has 0 amide bonds. The van der Waals surface area contributed by atoms with Crippen molar-refractivity contribution in [2.75, 3.05) is 17.7 Å². The van der Waals surface area contributed by atoms with Crippen LogP contribution in [0.2, 0.25) is 5.28 Å². The van der Waals surface area contributed by atoms with Crippen LogP contribution in [0.4, 0.5) is 11.9 Å². The Morgan fingerprint density at radius 2 is 2.12 bits per heavy atom. The number of nitrogens with zero attached hydrogens (tertiary/aromatic N) is 4. The number of halogens is 1. The predicted molar refractivity (Wildman–Crippen MR) is 58.2 cm³/mol. The van der Waals surface area contributed by atoms with Crippen LogP contribution >= 0.6 is 11.6 Å². The largest absolute Gasteiger partial charge is 0.360 e. The molecule has 0 saturated heterocycles. The normalized spacial score (nSPS) is 10.1. The van der Waals surface area contributed by atoms with Crippen LogP contribution in [0.3, 0.4) is 0 Å². The highest BCUT2D eigenvalue weighted by Gasteiger charge is 2.04. The SMILES string of the molecule is CNc1nc(Cl)nc(NCc2ccno2)n1. The summed E-state index contributed by atoms with van der Waals surface area (Å²) in [7, 11) is 1.70. The Hall–Kier alpha value is -1.89.